The third kappa shape index (κ3) is 5.20. The topological polar surface area (TPSA) is 61.0 Å². The van der Waals surface area contributed by atoms with Crippen LogP contribution in [0.4, 0.5) is 18.9 Å². The molecule has 0 spiro atoms. The third-order valence-corrected chi connectivity index (χ3v) is 6.33. The highest BCUT2D eigenvalue weighted by Crippen LogP contribution is 2.43. The molecule has 0 saturated carbocycles. The minimum Gasteiger partial charge on any atom is -0.507 e. The Morgan fingerprint density at radius 2 is 1.69 bits per heavy atom. The van der Waals surface area contributed by atoms with Crippen molar-refractivity contribution in [2.45, 2.75) is 26.6 Å². The zero-order chi connectivity index (χ0) is 26.0. The molecule has 0 radical (unpaired) electrons. The fourth-order valence-electron chi connectivity index (χ4n) is 4.18. The Morgan fingerprint density at radius 3 is 2.39 bits per heavy atom. The number of phenolic OH excluding ortho intramolecular Hbond substituents is 1. The van der Waals surface area contributed by atoms with Crippen molar-refractivity contribution in [1.82, 2.24) is 9.63 Å². The largest absolute Gasteiger partial charge is 0.507 e. The number of halogens is 4. The Labute approximate surface area is 211 Å². The maximum absolute atomic E-state index is 13.8. The molecule has 188 valence electrons. The van der Waals surface area contributed by atoms with Crippen molar-refractivity contribution in [1.29, 1.82) is 0 Å². The zero-order valence-corrected chi connectivity index (χ0v) is 20.5. The van der Waals surface area contributed by atoms with Crippen LogP contribution < -0.4 is 5.36 Å². The van der Waals surface area contributed by atoms with Gasteiger partial charge >= 0.3 is 6.18 Å². The number of benzene rings is 3. The van der Waals surface area contributed by atoms with Crippen molar-refractivity contribution >= 4 is 28.2 Å². The summed E-state index contributed by atoms with van der Waals surface area (Å²) in [6, 6.07) is 14.8. The van der Waals surface area contributed by atoms with Crippen LogP contribution in [0.2, 0.25) is 5.02 Å². The molecule has 5 nitrogen and oxygen atoms in total. The van der Waals surface area contributed by atoms with Gasteiger partial charge in [0.1, 0.15) is 5.75 Å². The highest BCUT2D eigenvalue weighted by Gasteiger charge is 2.34. The first-order valence-electron chi connectivity index (χ1n) is 11.4. The predicted molar refractivity (Wildman–Crippen MR) is 135 cm³/mol. The molecule has 0 saturated heterocycles. The summed E-state index contributed by atoms with van der Waals surface area (Å²) in [5.74, 6) is -0.213. The van der Waals surface area contributed by atoms with Gasteiger partial charge in [0.15, 0.2) is 0 Å². The molecule has 0 aliphatic rings. The SMILES string of the molecule is CCN(CC)Cc1cc(N=c2ccn(O)c3cc(Cl)ccc23)cc(-c2ccccc2C(F)(F)F)c1O. The standard InChI is InChI=1S/C27H25ClF3N3O2/c1-3-33(4-2)16-17-13-19(32-24-11-12-34(36)25-14-18(28)9-10-21(24)25)15-22(26(17)35)20-7-5-6-8-23(20)27(29,30)31/h5-15,35-36H,3-4,16H2,1-2H3. The number of hydrogen-bond acceptors (Lipinski definition) is 4. The summed E-state index contributed by atoms with van der Waals surface area (Å²) < 4.78 is 42.4. The Balaban J connectivity index is 1.99. The highest BCUT2D eigenvalue weighted by molar-refractivity contribution is 6.31. The fourth-order valence-corrected chi connectivity index (χ4v) is 4.35. The zero-order valence-electron chi connectivity index (χ0n) is 19.7. The van der Waals surface area contributed by atoms with Crippen LogP contribution in [-0.4, -0.2) is 33.0 Å². The van der Waals surface area contributed by atoms with E-state index in [2.05, 4.69) is 0 Å². The quantitative estimate of drug-likeness (QED) is 0.272. The maximum atomic E-state index is 13.8. The molecule has 4 rings (SSSR count). The molecule has 0 fully saturated rings. The number of pyridine rings is 1. The number of nitrogens with zero attached hydrogens (tertiary/aromatic N) is 3. The Hall–Kier alpha value is -3.49. The first-order chi connectivity index (χ1) is 17.1. The van der Waals surface area contributed by atoms with E-state index in [9.17, 15) is 23.5 Å². The summed E-state index contributed by atoms with van der Waals surface area (Å²) in [4.78, 5) is 6.75. The van der Waals surface area contributed by atoms with E-state index in [-0.39, 0.29) is 16.9 Å². The van der Waals surface area contributed by atoms with Gasteiger partial charge in [-0.3, -0.25) is 4.90 Å². The smallest absolute Gasteiger partial charge is 0.417 e. The average molecular weight is 516 g/mol. The van der Waals surface area contributed by atoms with Gasteiger partial charge in [0, 0.05) is 34.3 Å². The van der Waals surface area contributed by atoms with Gasteiger partial charge in [0.25, 0.3) is 0 Å². The van der Waals surface area contributed by atoms with Crippen molar-refractivity contribution in [2.24, 2.45) is 4.99 Å². The molecule has 1 aromatic heterocycles. The summed E-state index contributed by atoms with van der Waals surface area (Å²) in [5.41, 5.74) is 0.340. The number of hydrogen-bond donors (Lipinski definition) is 2. The number of fused-ring (bicyclic) bond motifs is 1. The molecule has 36 heavy (non-hydrogen) atoms. The normalized spacial score (nSPS) is 12.6. The van der Waals surface area contributed by atoms with Gasteiger partial charge in [-0.2, -0.15) is 17.9 Å². The molecular weight excluding hydrogens is 491 g/mol. The summed E-state index contributed by atoms with van der Waals surface area (Å²) in [5, 5.41) is 22.8. The van der Waals surface area contributed by atoms with E-state index in [4.69, 9.17) is 16.6 Å². The summed E-state index contributed by atoms with van der Waals surface area (Å²) >= 11 is 6.08. The minimum atomic E-state index is -4.60. The number of rotatable bonds is 6. The van der Waals surface area contributed by atoms with E-state index >= 15 is 0 Å². The lowest BCUT2D eigenvalue weighted by atomic mass is 9.95. The fraction of sp³-hybridized carbons (Fsp3) is 0.222. The molecule has 0 unspecified atom stereocenters. The molecule has 2 N–H and O–H groups in total. The average Bonchev–Trinajstić information content (AvgIpc) is 2.85. The van der Waals surface area contributed by atoms with Crippen LogP contribution in [0.3, 0.4) is 0 Å². The van der Waals surface area contributed by atoms with Crippen molar-refractivity contribution in [3.05, 3.63) is 88.4 Å². The van der Waals surface area contributed by atoms with Gasteiger partial charge in [-0.15, -0.1) is 0 Å². The second-order valence-electron chi connectivity index (χ2n) is 8.32. The van der Waals surface area contributed by atoms with E-state index in [1.54, 1.807) is 30.3 Å². The van der Waals surface area contributed by atoms with Gasteiger partial charge in [0.2, 0.25) is 0 Å². The lowest BCUT2D eigenvalue weighted by Crippen LogP contribution is -2.22. The predicted octanol–water partition coefficient (Wildman–Crippen LogP) is 7.00. The Morgan fingerprint density at radius 1 is 0.972 bits per heavy atom. The molecule has 0 amide bonds. The number of aromatic hydroxyl groups is 1. The van der Waals surface area contributed by atoms with Crippen molar-refractivity contribution in [2.75, 3.05) is 13.1 Å². The molecule has 0 atom stereocenters. The number of aromatic nitrogens is 1. The second-order valence-corrected chi connectivity index (χ2v) is 8.76. The Bertz CT molecular complexity index is 1480. The van der Waals surface area contributed by atoms with Crippen LogP contribution in [0, 0.1) is 0 Å². The monoisotopic (exact) mass is 515 g/mol. The molecule has 3 aromatic carbocycles. The number of phenols is 1. The molecule has 0 aliphatic heterocycles. The Kier molecular flexibility index (Phi) is 7.28. The number of alkyl halides is 3. The minimum absolute atomic E-state index is 0.0480. The summed E-state index contributed by atoms with van der Waals surface area (Å²) in [7, 11) is 0. The first-order valence-corrected chi connectivity index (χ1v) is 11.8. The van der Waals surface area contributed by atoms with Gasteiger partial charge < -0.3 is 10.3 Å². The molecule has 1 heterocycles. The molecule has 0 bridgehead atoms. The van der Waals surface area contributed by atoms with Gasteiger partial charge in [0.05, 0.1) is 22.1 Å². The van der Waals surface area contributed by atoms with E-state index in [1.807, 2.05) is 18.7 Å². The molecule has 0 aliphatic carbocycles. The maximum Gasteiger partial charge on any atom is 0.417 e. The van der Waals surface area contributed by atoms with Crippen LogP contribution in [0.25, 0.3) is 22.0 Å². The van der Waals surface area contributed by atoms with Crippen LogP contribution in [0.15, 0.2) is 71.9 Å². The second kappa shape index (κ2) is 10.2. The molecular formula is C27H25ClF3N3O2. The van der Waals surface area contributed by atoms with E-state index in [1.165, 1.54) is 30.5 Å². The lowest BCUT2D eigenvalue weighted by molar-refractivity contribution is -0.137. The molecule has 9 heteroatoms. The van der Waals surface area contributed by atoms with Crippen molar-refractivity contribution < 1.29 is 23.5 Å². The van der Waals surface area contributed by atoms with Crippen molar-refractivity contribution in [3.8, 4) is 16.9 Å². The lowest BCUT2D eigenvalue weighted by Gasteiger charge is -2.21. The van der Waals surface area contributed by atoms with E-state index in [0.717, 1.165) is 10.8 Å². The first kappa shape index (κ1) is 25.6. The van der Waals surface area contributed by atoms with Crippen LogP contribution in [0.5, 0.6) is 5.75 Å². The van der Waals surface area contributed by atoms with Gasteiger partial charge in [-0.1, -0.05) is 43.6 Å². The molecule has 4 aromatic rings. The summed E-state index contributed by atoms with van der Waals surface area (Å²) in [6.45, 7) is 5.68. The van der Waals surface area contributed by atoms with Gasteiger partial charge in [-0.05, 0) is 61.1 Å². The van der Waals surface area contributed by atoms with E-state index < -0.39 is 11.7 Å². The van der Waals surface area contributed by atoms with Crippen molar-refractivity contribution in [3.63, 3.8) is 0 Å². The third-order valence-electron chi connectivity index (χ3n) is 6.09. The van der Waals surface area contributed by atoms with Gasteiger partial charge in [-0.25, -0.2) is 4.99 Å². The highest BCUT2D eigenvalue weighted by atomic mass is 35.5. The van der Waals surface area contributed by atoms with Crippen LogP contribution in [-0.2, 0) is 12.7 Å². The van der Waals surface area contributed by atoms with E-state index in [0.29, 0.717) is 52.2 Å². The van der Waals surface area contributed by atoms with Crippen LogP contribution in [0.1, 0.15) is 25.0 Å². The summed E-state index contributed by atoms with van der Waals surface area (Å²) in [6.07, 6.45) is -3.19. The van der Waals surface area contributed by atoms with Crippen LogP contribution >= 0.6 is 11.6 Å².